The molecule has 2 rings (SSSR count). The molecule has 0 fully saturated rings. The van der Waals surface area contributed by atoms with Gasteiger partial charge in [0.25, 0.3) is 15.7 Å². The molecular formula is C12H8BrClN2O4S. The van der Waals surface area contributed by atoms with Crippen molar-refractivity contribution in [3.63, 3.8) is 0 Å². The number of sulfonamides is 1. The van der Waals surface area contributed by atoms with Crippen LogP contribution in [0.5, 0.6) is 0 Å². The van der Waals surface area contributed by atoms with Crippen LogP contribution >= 0.6 is 27.5 Å². The van der Waals surface area contributed by atoms with E-state index in [4.69, 9.17) is 11.6 Å². The lowest BCUT2D eigenvalue weighted by Gasteiger charge is -2.10. The Labute approximate surface area is 134 Å². The molecule has 21 heavy (non-hydrogen) atoms. The lowest BCUT2D eigenvalue weighted by molar-refractivity contribution is -0.384. The van der Waals surface area contributed by atoms with Gasteiger partial charge in [-0.05, 0) is 46.3 Å². The van der Waals surface area contributed by atoms with Gasteiger partial charge < -0.3 is 0 Å². The molecule has 0 amide bonds. The zero-order chi connectivity index (χ0) is 15.6. The van der Waals surface area contributed by atoms with Crippen LogP contribution in [0.25, 0.3) is 0 Å². The van der Waals surface area contributed by atoms with Gasteiger partial charge in [-0.25, -0.2) is 8.42 Å². The van der Waals surface area contributed by atoms with Crippen LogP contribution in [0.2, 0.25) is 5.02 Å². The third-order valence-corrected chi connectivity index (χ3v) is 4.84. The first-order valence-corrected chi connectivity index (χ1v) is 8.17. The fourth-order valence-corrected chi connectivity index (χ4v) is 3.25. The van der Waals surface area contributed by atoms with Gasteiger partial charge in [-0.2, -0.15) is 0 Å². The van der Waals surface area contributed by atoms with Crippen molar-refractivity contribution in [1.82, 2.24) is 0 Å². The number of nitro benzene ring substituents is 1. The number of hydrogen-bond donors (Lipinski definition) is 1. The van der Waals surface area contributed by atoms with E-state index in [9.17, 15) is 18.5 Å². The van der Waals surface area contributed by atoms with Gasteiger partial charge in [-0.15, -0.1) is 0 Å². The molecule has 0 aromatic heterocycles. The van der Waals surface area contributed by atoms with Gasteiger partial charge in [0.05, 0.1) is 15.5 Å². The number of nitrogens with one attached hydrogen (secondary N) is 1. The molecule has 0 atom stereocenters. The molecule has 2 aromatic rings. The van der Waals surface area contributed by atoms with Crippen molar-refractivity contribution in [2.75, 3.05) is 4.72 Å². The van der Waals surface area contributed by atoms with E-state index in [1.54, 1.807) is 12.1 Å². The van der Waals surface area contributed by atoms with Crippen LogP contribution in [0.4, 0.5) is 11.4 Å². The molecule has 0 bridgehead atoms. The molecule has 2 aromatic carbocycles. The third-order valence-electron chi connectivity index (χ3n) is 2.53. The molecule has 9 heteroatoms. The van der Waals surface area contributed by atoms with Gasteiger partial charge in [-0.1, -0.05) is 11.6 Å². The van der Waals surface area contributed by atoms with Gasteiger partial charge in [0.1, 0.15) is 0 Å². The average molecular weight is 392 g/mol. The maximum atomic E-state index is 12.2. The number of nitrogens with zero attached hydrogens (tertiary/aromatic N) is 1. The largest absolute Gasteiger partial charge is 0.278 e. The maximum absolute atomic E-state index is 12.2. The van der Waals surface area contributed by atoms with E-state index in [1.807, 2.05) is 0 Å². The van der Waals surface area contributed by atoms with Crippen molar-refractivity contribution >= 4 is 48.9 Å². The Morgan fingerprint density at radius 2 is 1.76 bits per heavy atom. The van der Waals surface area contributed by atoms with Crippen molar-refractivity contribution in [3.8, 4) is 0 Å². The smallest absolute Gasteiger partial charge is 0.269 e. The summed E-state index contributed by atoms with van der Waals surface area (Å²) in [4.78, 5) is 9.87. The SMILES string of the molecule is O=[N+]([O-])c1ccc(S(=O)(=O)Nc2cc(Cl)ccc2Br)cc1. The Balaban J connectivity index is 2.34. The highest BCUT2D eigenvalue weighted by Gasteiger charge is 2.17. The number of halogens is 2. The molecule has 0 aliphatic carbocycles. The van der Waals surface area contributed by atoms with Gasteiger partial charge >= 0.3 is 0 Å². The summed E-state index contributed by atoms with van der Waals surface area (Å²) in [6, 6.07) is 9.25. The predicted molar refractivity (Wildman–Crippen MR) is 83.1 cm³/mol. The first-order chi connectivity index (χ1) is 9.79. The predicted octanol–water partition coefficient (Wildman–Crippen LogP) is 3.81. The quantitative estimate of drug-likeness (QED) is 0.634. The van der Waals surface area contributed by atoms with E-state index in [0.29, 0.717) is 9.50 Å². The fourth-order valence-electron chi connectivity index (χ4n) is 1.53. The second-order valence-corrected chi connectivity index (χ2v) is 6.95. The van der Waals surface area contributed by atoms with Gasteiger partial charge in [0.15, 0.2) is 0 Å². The number of non-ortho nitro benzene ring substituents is 1. The molecule has 0 radical (unpaired) electrons. The Hall–Kier alpha value is -1.64. The van der Waals surface area contributed by atoms with Crippen LogP contribution in [0.15, 0.2) is 51.8 Å². The number of anilines is 1. The molecule has 0 unspecified atom stereocenters. The van der Waals surface area contributed by atoms with Crippen molar-refractivity contribution in [1.29, 1.82) is 0 Å². The van der Waals surface area contributed by atoms with E-state index in [1.165, 1.54) is 18.2 Å². The first-order valence-electron chi connectivity index (χ1n) is 5.52. The van der Waals surface area contributed by atoms with Crippen LogP contribution in [-0.4, -0.2) is 13.3 Å². The fraction of sp³-hybridized carbons (Fsp3) is 0. The van der Waals surface area contributed by atoms with Crippen molar-refractivity contribution in [3.05, 3.63) is 62.1 Å². The highest BCUT2D eigenvalue weighted by atomic mass is 79.9. The molecule has 6 nitrogen and oxygen atoms in total. The highest BCUT2D eigenvalue weighted by molar-refractivity contribution is 9.10. The summed E-state index contributed by atoms with van der Waals surface area (Å²) in [6.45, 7) is 0. The number of hydrogen-bond acceptors (Lipinski definition) is 4. The van der Waals surface area contributed by atoms with E-state index < -0.39 is 14.9 Å². The lowest BCUT2D eigenvalue weighted by atomic mass is 10.3. The summed E-state index contributed by atoms with van der Waals surface area (Å²) >= 11 is 9.03. The minimum absolute atomic E-state index is 0.0834. The Morgan fingerprint density at radius 3 is 2.33 bits per heavy atom. The van der Waals surface area contributed by atoms with Crippen LogP contribution in [0.3, 0.4) is 0 Å². The summed E-state index contributed by atoms with van der Waals surface area (Å²) < 4.78 is 27.3. The molecule has 110 valence electrons. The van der Waals surface area contributed by atoms with Crippen LogP contribution in [-0.2, 0) is 10.0 Å². The van der Waals surface area contributed by atoms with Crippen LogP contribution in [0, 0.1) is 10.1 Å². The molecule has 0 aliphatic rings. The van der Waals surface area contributed by atoms with Crippen LogP contribution < -0.4 is 4.72 Å². The summed E-state index contributed by atoms with van der Waals surface area (Å²) in [7, 11) is -3.86. The molecule has 0 aliphatic heterocycles. The standard InChI is InChI=1S/C12H8BrClN2O4S/c13-11-6-1-8(14)7-12(11)15-21(19,20)10-4-2-9(3-5-10)16(17)18/h1-7,15H. The molecule has 1 N–H and O–H groups in total. The summed E-state index contributed by atoms with van der Waals surface area (Å²) in [5.41, 5.74) is 0.0961. The Kier molecular flexibility index (Phi) is 4.50. The van der Waals surface area contributed by atoms with Gasteiger partial charge in [0.2, 0.25) is 0 Å². The van der Waals surface area contributed by atoms with Crippen molar-refractivity contribution < 1.29 is 13.3 Å². The minimum Gasteiger partial charge on any atom is -0.278 e. The van der Waals surface area contributed by atoms with E-state index >= 15 is 0 Å². The zero-order valence-corrected chi connectivity index (χ0v) is 13.4. The van der Waals surface area contributed by atoms with Crippen molar-refractivity contribution in [2.24, 2.45) is 0 Å². The third kappa shape index (κ3) is 3.72. The van der Waals surface area contributed by atoms with Gasteiger partial charge in [-0.3, -0.25) is 14.8 Å². The van der Waals surface area contributed by atoms with Gasteiger partial charge in [0, 0.05) is 21.6 Å². The minimum atomic E-state index is -3.86. The summed E-state index contributed by atoms with van der Waals surface area (Å²) in [6.07, 6.45) is 0. The van der Waals surface area contributed by atoms with E-state index in [2.05, 4.69) is 20.7 Å². The topological polar surface area (TPSA) is 89.3 Å². The molecule has 0 saturated carbocycles. The lowest BCUT2D eigenvalue weighted by Crippen LogP contribution is -2.13. The number of nitro groups is 1. The Bertz CT molecular complexity index is 793. The molecule has 0 spiro atoms. The zero-order valence-electron chi connectivity index (χ0n) is 10.3. The average Bonchev–Trinajstić information content (AvgIpc) is 2.43. The maximum Gasteiger partial charge on any atom is 0.269 e. The second-order valence-electron chi connectivity index (χ2n) is 3.98. The summed E-state index contributed by atoms with van der Waals surface area (Å²) in [5, 5.41) is 10.9. The second kappa shape index (κ2) is 6.00. The number of rotatable bonds is 4. The first kappa shape index (κ1) is 15.7. The monoisotopic (exact) mass is 390 g/mol. The molecule has 0 heterocycles. The highest BCUT2D eigenvalue weighted by Crippen LogP contribution is 2.28. The normalized spacial score (nSPS) is 11.1. The van der Waals surface area contributed by atoms with E-state index in [0.717, 1.165) is 12.1 Å². The summed E-state index contributed by atoms with van der Waals surface area (Å²) in [5.74, 6) is 0. The van der Waals surface area contributed by atoms with E-state index in [-0.39, 0.29) is 16.3 Å². The number of benzene rings is 2. The molecular weight excluding hydrogens is 384 g/mol. The van der Waals surface area contributed by atoms with Crippen molar-refractivity contribution in [2.45, 2.75) is 4.90 Å². The Morgan fingerprint density at radius 1 is 1.14 bits per heavy atom. The van der Waals surface area contributed by atoms with Crippen LogP contribution in [0.1, 0.15) is 0 Å². The molecule has 0 saturated heterocycles.